The third-order valence-electron chi connectivity index (χ3n) is 3.86. The van der Waals surface area contributed by atoms with Gasteiger partial charge in [-0.25, -0.2) is 4.98 Å². The number of anilines is 1. The van der Waals surface area contributed by atoms with Crippen molar-refractivity contribution in [1.82, 2.24) is 4.98 Å². The molecule has 3 N–H and O–H groups in total. The number of hydrogen-bond acceptors (Lipinski definition) is 5. The molecular weight excluding hydrogens is 276 g/mol. The number of hydrogen-bond donors (Lipinski definition) is 2. The maximum atomic E-state index is 9.61. The minimum atomic E-state index is -0.214. The molecule has 0 atom stereocenters. The monoisotopic (exact) mass is 302 g/mol. The largest absolute Gasteiger partial charge is 0.370 e. The highest BCUT2D eigenvalue weighted by Crippen LogP contribution is 2.33. The van der Waals surface area contributed by atoms with Crippen LogP contribution in [0, 0.1) is 17.2 Å². The first kappa shape index (κ1) is 16.7. The van der Waals surface area contributed by atoms with Gasteiger partial charge in [0, 0.05) is 25.1 Å². The molecule has 5 nitrogen and oxygen atoms in total. The van der Waals surface area contributed by atoms with Crippen molar-refractivity contribution in [2.24, 2.45) is 11.7 Å². The van der Waals surface area contributed by atoms with E-state index < -0.39 is 0 Å². The fraction of sp³-hybridized carbons (Fsp3) is 0.647. The molecule has 1 aliphatic rings. The van der Waals surface area contributed by atoms with E-state index in [1.165, 1.54) is 0 Å². The first-order valence-corrected chi connectivity index (χ1v) is 7.90. The number of nitriles is 1. The van der Waals surface area contributed by atoms with Crippen molar-refractivity contribution in [1.29, 1.82) is 5.26 Å². The van der Waals surface area contributed by atoms with Gasteiger partial charge in [0.2, 0.25) is 0 Å². The van der Waals surface area contributed by atoms with Gasteiger partial charge in [0.05, 0.1) is 23.5 Å². The molecule has 1 aromatic rings. The number of nitrogens with one attached hydrogen (secondary N) is 1. The second-order valence-corrected chi connectivity index (χ2v) is 6.89. The van der Waals surface area contributed by atoms with Crippen molar-refractivity contribution >= 4 is 5.82 Å². The molecular formula is C17H26N4O. The third kappa shape index (κ3) is 3.57. The number of nitrogens with two attached hydrogens (primary N) is 1. The highest BCUT2D eigenvalue weighted by atomic mass is 16.5. The van der Waals surface area contributed by atoms with Crippen LogP contribution in [0.3, 0.4) is 0 Å². The van der Waals surface area contributed by atoms with Crippen molar-refractivity contribution in [3.05, 3.63) is 22.4 Å². The lowest BCUT2D eigenvalue weighted by molar-refractivity contribution is -0.0416. The van der Waals surface area contributed by atoms with Crippen LogP contribution in [0.5, 0.6) is 0 Å². The molecule has 5 heteroatoms. The van der Waals surface area contributed by atoms with Gasteiger partial charge < -0.3 is 15.8 Å². The van der Waals surface area contributed by atoms with Crippen LogP contribution in [-0.2, 0) is 24.2 Å². The first-order valence-electron chi connectivity index (χ1n) is 7.90. The Morgan fingerprint density at radius 1 is 1.45 bits per heavy atom. The van der Waals surface area contributed by atoms with E-state index in [1.807, 2.05) is 0 Å². The summed E-state index contributed by atoms with van der Waals surface area (Å²) in [4.78, 5) is 4.72. The normalized spacial score (nSPS) is 16.2. The molecule has 0 bridgehead atoms. The van der Waals surface area contributed by atoms with E-state index in [1.54, 1.807) is 0 Å². The molecule has 0 aromatic carbocycles. The highest BCUT2D eigenvalue weighted by molar-refractivity contribution is 5.60. The van der Waals surface area contributed by atoms with Crippen molar-refractivity contribution in [2.75, 3.05) is 18.4 Å². The minimum Gasteiger partial charge on any atom is -0.370 e. The van der Waals surface area contributed by atoms with E-state index in [0.29, 0.717) is 37.0 Å². The second kappa shape index (κ2) is 6.64. The summed E-state index contributed by atoms with van der Waals surface area (Å²) in [7, 11) is 0. The average molecular weight is 302 g/mol. The fourth-order valence-corrected chi connectivity index (χ4v) is 2.84. The SMILES string of the molecule is CC(C)Cc1c(C#N)c(NCCN)nc2c1COC(C)(C)C2. The van der Waals surface area contributed by atoms with Crippen LogP contribution in [0.2, 0.25) is 0 Å². The lowest BCUT2D eigenvalue weighted by atomic mass is 9.88. The van der Waals surface area contributed by atoms with Gasteiger partial charge in [-0.15, -0.1) is 0 Å². The summed E-state index contributed by atoms with van der Waals surface area (Å²) in [6.45, 7) is 10.1. The van der Waals surface area contributed by atoms with E-state index in [9.17, 15) is 5.26 Å². The molecule has 2 rings (SSSR count). The number of ether oxygens (including phenoxy) is 1. The van der Waals surface area contributed by atoms with Gasteiger partial charge in [0.15, 0.2) is 0 Å². The highest BCUT2D eigenvalue weighted by Gasteiger charge is 2.31. The zero-order valence-electron chi connectivity index (χ0n) is 14.0. The van der Waals surface area contributed by atoms with E-state index >= 15 is 0 Å². The molecule has 0 saturated carbocycles. The molecule has 0 radical (unpaired) electrons. The Balaban J connectivity index is 2.55. The molecule has 0 fully saturated rings. The number of nitrogens with zero attached hydrogens (tertiary/aromatic N) is 2. The maximum absolute atomic E-state index is 9.61. The summed E-state index contributed by atoms with van der Waals surface area (Å²) in [5.41, 5.74) is 9.23. The summed E-state index contributed by atoms with van der Waals surface area (Å²) < 4.78 is 5.94. The van der Waals surface area contributed by atoms with Gasteiger partial charge in [0.25, 0.3) is 0 Å². The summed E-state index contributed by atoms with van der Waals surface area (Å²) in [6, 6.07) is 2.33. The Hall–Kier alpha value is -1.64. The molecule has 0 unspecified atom stereocenters. The Labute approximate surface area is 132 Å². The average Bonchev–Trinajstić information content (AvgIpc) is 2.43. The van der Waals surface area contributed by atoms with Crippen LogP contribution >= 0.6 is 0 Å². The Morgan fingerprint density at radius 3 is 2.77 bits per heavy atom. The van der Waals surface area contributed by atoms with Gasteiger partial charge in [-0.1, -0.05) is 13.8 Å². The van der Waals surface area contributed by atoms with E-state index in [4.69, 9.17) is 15.5 Å². The van der Waals surface area contributed by atoms with Crippen LogP contribution in [0.1, 0.15) is 50.1 Å². The third-order valence-corrected chi connectivity index (χ3v) is 3.86. The molecule has 1 aliphatic heterocycles. The summed E-state index contributed by atoms with van der Waals surface area (Å²) in [5, 5.41) is 12.8. The smallest absolute Gasteiger partial charge is 0.144 e. The molecule has 120 valence electrons. The van der Waals surface area contributed by atoms with E-state index in [0.717, 1.165) is 29.7 Å². The second-order valence-electron chi connectivity index (χ2n) is 6.89. The first-order chi connectivity index (χ1) is 10.4. The molecule has 22 heavy (non-hydrogen) atoms. The standard InChI is InChI=1S/C17H26N4O/c1-11(2)7-12-13(9-19)16(20-6-5-18)21-15-8-17(3,4)22-10-14(12)15/h11H,5-8,10,18H2,1-4H3,(H,20,21). The number of rotatable bonds is 5. The number of pyridine rings is 1. The van der Waals surface area contributed by atoms with Crippen LogP contribution in [0.25, 0.3) is 0 Å². The Bertz CT molecular complexity index is 587. The van der Waals surface area contributed by atoms with Gasteiger partial charge >= 0.3 is 0 Å². The topological polar surface area (TPSA) is 84.0 Å². The van der Waals surface area contributed by atoms with Gasteiger partial charge in [0.1, 0.15) is 11.9 Å². The predicted molar refractivity (Wildman–Crippen MR) is 87.6 cm³/mol. The molecule has 0 aliphatic carbocycles. The van der Waals surface area contributed by atoms with Crippen LogP contribution in [-0.4, -0.2) is 23.7 Å². The zero-order valence-corrected chi connectivity index (χ0v) is 14.0. The van der Waals surface area contributed by atoms with E-state index in [2.05, 4.69) is 39.1 Å². The summed E-state index contributed by atoms with van der Waals surface area (Å²) >= 11 is 0. The maximum Gasteiger partial charge on any atom is 0.144 e. The molecule has 0 spiro atoms. The van der Waals surface area contributed by atoms with Crippen molar-refractivity contribution in [3.8, 4) is 6.07 Å². The Kier molecular flexibility index (Phi) is 5.05. The Morgan fingerprint density at radius 2 is 2.18 bits per heavy atom. The van der Waals surface area contributed by atoms with Crippen LogP contribution in [0.15, 0.2) is 0 Å². The molecule has 1 aromatic heterocycles. The molecule has 0 saturated heterocycles. The minimum absolute atomic E-state index is 0.214. The quantitative estimate of drug-likeness (QED) is 0.872. The number of fused-ring (bicyclic) bond motifs is 1. The van der Waals surface area contributed by atoms with Gasteiger partial charge in [-0.05, 0) is 31.7 Å². The molecule has 0 amide bonds. The van der Waals surface area contributed by atoms with Gasteiger partial charge in [-0.2, -0.15) is 5.26 Å². The van der Waals surface area contributed by atoms with Gasteiger partial charge in [-0.3, -0.25) is 0 Å². The predicted octanol–water partition coefficient (Wildman–Crippen LogP) is 2.37. The van der Waals surface area contributed by atoms with Crippen molar-refractivity contribution in [3.63, 3.8) is 0 Å². The number of aromatic nitrogens is 1. The fourth-order valence-electron chi connectivity index (χ4n) is 2.84. The zero-order chi connectivity index (χ0) is 16.3. The van der Waals surface area contributed by atoms with Crippen molar-refractivity contribution < 1.29 is 4.74 Å². The summed E-state index contributed by atoms with van der Waals surface area (Å²) in [6.07, 6.45) is 1.62. The molecule has 2 heterocycles. The lowest BCUT2D eigenvalue weighted by Crippen LogP contribution is -2.34. The van der Waals surface area contributed by atoms with E-state index in [-0.39, 0.29) is 5.60 Å². The van der Waals surface area contributed by atoms with Crippen LogP contribution in [0.4, 0.5) is 5.82 Å². The van der Waals surface area contributed by atoms with Crippen molar-refractivity contribution in [2.45, 2.75) is 52.7 Å². The van der Waals surface area contributed by atoms with Crippen LogP contribution < -0.4 is 11.1 Å². The summed E-state index contributed by atoms with van der Waals surface area (Å²) in [5.74, 6) is 1.14. The lowest BCUT2D eigenvalue weighted by Gasteiger charge is -2.33.